The number of nitrogens with one attached hydrogen (secondary N) is 1. The van der Waals surface area contributed by atoms with Crippen LogP contribution in [0.3, 0.4) is 0 Å². The first-order chi connectivity index (χ1) is 14.8. The second-order valence-electron chi connectivity index (χ2n) is 7.05. The molecule has 0 aromatic heterocycles. The van der Waals surface area contributed by atoms with Gasteiger partial charge in [-0.2, -0.15) is 0 Å². The number of amidine groups is 2. The summed E-state index contributed by atoms with van der Waals surface area (Å²) in [5, 5.41) is 3.40. The van der Waals surface area contributed by atoms with Crippen molar-refractivity contribution in [1.29, 1.82) is 0 Å². The minimum atomic E-state index is -0.756. The van der Waals surface area contributed by atoms with E-state index < -0.39 is 12.1 Å². The Hall–Kier alpha value is -3.08. The molecular formula is C20H26N5O5S+. The van der Waals surface area contributed by atoms with Crippen molar-refractivity contribution in [1.82, 2.24) is 15.1 Å². The van der Waals surface area contributed by atoms with Gasteiger partial charge in [0, 0.05) is 13.6 Å². The van der Waals surface area contributed by atoms with E-state index in [1.165, 1.54) is 23.7 Å². The average molecular weight is 449 g/mol. The van der Waals surface area contributed by atoms with Crippen LogP contribution in [0.5, 0.6) is 11.5 Å². The molecule has 10 nitrogen and oxygen atoms in total. The highest BCUT2D eigenvalue weighted by Crippen LogP contribution is 2.27. The zero-order valence-electron chi connectivity index (χ0n) is 18.2. The number of imide groups is 1. The molecule has 0 radical (unpaired) electrons. The van der Waals surface area contributed by atoms with Crippen molar-refractivity contribution in [2.24, 2.45) is 4.99 Å². The number of nitrogens with zero attached hydrogens (tertiary/aromatic N) is 4. The highest BCUT2D eigenvalue weighted by atomic mass is 32.2. The molecule has 2 aliphatic rings. The van der Waals surface area contributed by atoms with Crippen LogP contribution in [0.25, 0.3) is 0 Å². The Morgan fingerprint density at radius 2 is 1.90 bits per heavy atom. The summed E-state index contributed by atoms with van der Waals surface area (Å²) in [5.41, 5.74) is 1.02. The van der Waals surface area contributed by atoms with E-state index in [2.05, 4.69) is 10.3 Å². The number of amides is 4. The highest BCUT2D eigenvalue weighted by Gasteiger charge is 2.51. The summed E-state index contributed by atoms with van der Waals surface area (Å²) < 4.78 is 12.2. The van der Waals surface area contributed by atoms with Gasteiger partial charge in [-0.3, -0.25) is 14.5 Å². The second-order valence-corrected chi connectivity index (χ2v) is 7.99. The largest absolute Gasteiger partial charge is 0.493 e. The van der Waals surface area contributed by atoms with Crippen molar-refractivity contribution < 1.29 is 28.4 Å². The zero-order chi connectivity index (χ0) is 22.7. The van der Waals surface area contributed by atoms with E-state index in [0.29, 0.717) is 35.5 Å². The fourth-order valence-electron chi connectivity index (χ4n) is 3.41. The number of hydrogen-bond acceptors (Lipinski definition) is 7. The lowest BCUT2D eigenvalue weighted by atomic mass is 10.1. The predicted octanol–water partition coefficient (Wildman–Crippen LogP) is 0.399. The Balaban J connectivity index is 1.53. The van der Waals surface area contributed by atoms with Gasteiger partial charge in [-0.25, -0.2) is 14.3 Å². The molecule has 1 aromatic carbocycles. The van der Waals surface area contributed by atoms with Crippen LogP contribution in [0.4, 0.5) is 4.79 Å². The number of thioether (sulfide) groups is 1. The van der Waals surface area contributed by atoms with E-state index in [-0.39, 0.29) is 17.6 Å². The number of carbonyl (C=O) groups is 3. The summed E-state index contributed by atoms with van der Waals surface area (Å²) in [4.78, 5) is 43.7. The number of aliphatic imine (C=N–C) groups is 1. The molecular weight excluding hydrogens is 422 g/mol. The van der Waals surface area contributed by atoms with Gasteiger partial charge >= 0.3 is 6.03 Å². The van der Waals surface area contributed by atoms with Crippen molar-refractivity contribution in [3.8, 4) is 11.5 Å². The Bertz CT molecular complexity index is 977. The molecule has 1 aromatic rings. The van der Waals surface area contributed by atoms with E-state index in [0.717, 1.165) is 10.5 Å². The van der Waals surface area contributed by atoms with Crippen LogP contribution >= 0.6 is 11.8 Å². The van der Waals surface area contributed by atoms with E-state index in [4.69, 9.17) is 9.47 Å². The van der Waals surface area contributed by atoms with Crippen molar-refractivity contribution >= 4 is 40.6 Å². The zero-order valence-corrected chi connectivity index (χ0v) is 19.0. The molecule has 1 fully saturated rings. The maximum absolute atomic E-state index is 12.4. The number of likely N-dealkylation sites (N-methyl/N-ethyl adjacent to an activating group) is 2. The standard InChI is InChI=1S/C20H25N5O5S/c1-23-17-16(18(27)25(3)20(28)24(17)2)22-19(23)31-11-15(26)21-9-8-12-6-7-13(29-4)14(10-12)30-5/h6-7,10,16H,8-9,11H2,1-5H3/p+1. The molecule has 166 valence electrons. The normalized spacial score (nSPS) is 18.2. The average Bonchev–Trinajstić information content (AvgIpc) is 3.11. The van der Waals surface area contributed by atoms with Crippen molar-refractivity contribution in [3.05, 3.63) is 23.8 Å². The number of urea groups is 1. The van der Waals surface area contributed by atoms with Crippen LogP contribution < -0.4 is 14.8 Å². The first-order valence-electron chi connectivity index (χ1n) is 9.62. The lowest BCUT2D eigenvalue weighted by Crippen LogP contribution is -2.59. The Morgan fingerprint density at radius 1 is 1.19 bits per heavy atom. The summed E-state index contributed by atoms with van der Waals surface area (Å²) in [5.74, 6) is 1.44. The topological polar surface area (TPSA) is 104 Å². The number of benzene rings is 1. The maximum atomic E-state index is 12.4. The third-order valence-electron chi connectivity index (χ3n) is 5.11. The monoisotopic (exact) mass is 448 g/mol. The fourth-order valence-corrected chi connectivity index (χ4v) is 4.24. The van der Waals surface area contributed by atoms with Crippen LogP contribution in [0, 0.1) is 0 Å². The quantitative estimate of drug-likeness (QED) is 0.606. The van der Waals surface area contributed by atoms with Crippen LogP contribution in [-0.4, -0.2) is 96.9 Å². The number of hydrogen-bond donors (Lipinski definition) is 1. The third-order valence-corrected chi connectivity index (χ3v) is 6.16. The molecule has 0 saturated carbocycles. The number of ether oxygens (including phenoxy) is 2. The minimum absolute atomic E-state index is 0.144. The van der Waals surface area contributed by atoms with Gasteiger partial charge in [-0.05, 0) is 35.9 Å². The summed E-state index contributed by atoms with van der Waals surface area (Å²) in [6.45, 7) is 0.470. The van der Waals surface area contributed by atoms with Gasteiger partial charge in [0.25, 0.3) is 23.0 Å². The first-order valence-corrected chi connectivity index (χ1v) is 10.6. The molecule has 1 unspecified atom stereocenters. The number of fused-ring (bicyclic) bond motifs is 1. The molecule has 4 amide bonds. The summed E-state index contributed by atoms with van der Waals surface area (Å²) in [6.07, 6.45) is 0.644. The molecule has 1 atom stereocenters. The van der Waals surface area contributed by atoms with Crippen molar-refractivity contribution in [3.63, 3.8) is 0 Å². The summed E-state index contributed by atoms with van der Waals surface area (Å²) >= 11 is 1.23. The van der Waals surface area contributed by atoms with Gasteiger partial charge in [0.15, 0.2) is 11.5 Å². The van der Waals surface area contributed by atoms with Crippen LogP contribution in [-0.2, 0) is 16.0 Å². The second kappa shape index (κ2) is 9.38. The molecule has 11 heteroatoms. The van der Waals surface area contributed by atoms with E-state index in [9.17, 15) is 14.4 Å². The van der Waals surface area contributed by atoms with Gasteiger partial charge in [0.05, 0.1) is 34.1 Å². The Morgan fingerprint density at radius 3 is 2.58 bits per heavy atom. The van der Waals surface area contributed by atoms with Crippen molar-refractivity contribution in [2.75, 3.05) is 47.7 Å². The van der Waals surface area contributed by atoms with Crippen molar-refractivity contribution in [2.45, 2.75) is 12.5 Å². The minimum Gasteiger partial charge on any atom is -0.493 e. The molecule has 0 spiro atoms. The fraction of sp³-hybridized carbons (Fsp3) is 0.450. The molecule has 31 heavy (non-hydrogen) atoms. The predicted molar refractivity (Wildman–Crippen MR) is 117 cm³/mol. The number of rotatable bonds is 7. The van der Waals surface area contributed by atoms with Crippen LogP contribution in [0.1, 0.15) is 5.56 Å². The molecule has 0 aliphatic carbocycles. The SMILES string of the molecule is COc1ccc(CCNC(=O)CSC2=NC3C(=O)N(C)C(=O)N(C)C3=[N+]2C)cc1OC. The summed E-state index contributed by atoms with van der Waals surface area (Å²) in [7, 11) is 7.94. The molecule has 0 bridgehead atoms. The van der Waals surface area contributed by atoms with Crippen LogP contribution in [0.2, 0.25) is 0 Å². The smallest absolute Gasteiger partial charge is 0.388 e. The number of carbonyl (C=O) groups excluding carboxylic acids is 3. The summed E-state index contributed by atoms with van der Waals surface area (Å²) in [6, 6.07) is 4.48. The first kappa shape index (κ1) is 22.6. The highest BCUT2D eigenvalue weighted by molar-refractivity contribution is 8.13. The van der Waals surface area contributed by atoms with E-state index in [1.54, 1.807) is 32.9 Å². The molecule has 1 N–H and O–H groups in total. The maximum Gasteiger partial charge on any atom is 0.388 e. The van der Waals surface area contributed by atoms with E-state index >= 15 is 0 Å². The van der Waals surface area contributed by atoms with Crippen LogP contribution in [0.15, 0.2) is 23.2 Å². The number of methoxy groups -OCH3 is 2. The lowest BCUT2D eigenvalue weighted by Gasteiger charge is -2.27. The van der Waals surface area contributed by atoms with Gasteiger partial charge in [0.2, 0.25) is 5.91 Å². The van der Waals surface area contributed by atoms with Gasteiger partial charge in [-0.15, -0.1) is 4.99 Å². The Labute approximate surface area is 184 Å². The molecule has 2 aliphatic heterocycles. The lowest BCUT2D eigenvalue weighted by molar-refractivity contribution is -0.367. The third kappa shape index (κ3) is 4.50. The molecule has 3 rings (SSSR count). The van der Waals surface area contributed by atoms with Gasteiger partial charge in [0.1, 0.15) is 0 Å². The van der Waals surface area contributed by atoms with E-state index in [1.807, 2.05) is 18.2 Å². The molecule has 1 saturated heterocycles. The Kier molecular flexibility index (Phi) is 6.84. The van der Waals surface area contributed by atoms with Gasteiger partial charge < -0.3 is 14.8 Å². The van der Waals surface area contributed by atoms with Gasteiger partial charge in [-0.1, -0.05) is 6.07 Å². The molecule has 2 heterocycles.